The van der Waals surface area contributed by atoms with Gasteiger partial charge in [0.25, 0.3) is 0 Å². The Morgan fingerprint density at radius 3 is 1.50 bits per heavy atom. The molecule has 0 saturated carbocycles. The van der Waals surface area contributed by atoms with E-state index in [2.05, 4.69) is 60.4 Å². The molecule has 0 atom stereocenters. The zero-order valence-corrected chi connectivity index (χ0v) is 20.3. The Bertz CT molecular complexity index is 410. The Morgan fingerprint density at radius 2 is 1.12 bits per heavy atom. The van der Waals surface area contributed by atoms with Crippen LogP contribution in [-0.4, -0.2) is 32.6 Å². The summed E-state index contributed by atoms with van der Waals surface area (Å²) in [6.07, 6.45) is 11.5. The predicted molar refractivity (Wildman–Crippen MR) is 138 cm³/mol. The van der Waals surface area contributed by atoms with E-state index in [4.69, 9.17) is 36.7 Å². The van der Waals surface area contributed by atoms with Gasteiger partial charge >= 0.3 is 0 Å². The minimum Gasteiger partial charge on any atom is -0.370 e. The topological polar surface area (TPSA) is 36.1 Å². The largest absolute Gasteiger partial charge is 0.370 e. The van der Waals surface area contributed by atoms with Gasteiger partial charge in [0, 0.05) is 25.0 Å². The first kappa shape index (κ1) is 26.5. The van der Waals surface area contributed by atoms with Crippen molar-refractivity contribution < 1.29 is 0 Å². The van der Waals surface area contributed by atoms with Crippen molar-refractivity contribution in [3.05, 3.63) is 12.7 Å². The normalized spacial score (nSPS) is 10.9. The highest BCUT2D eigenvalue weighted by Gasteiger charge is 2.30. The molecule has 150 valence electrons. The van der Waals surface area contributed by atoms with Crippen LogP contribution >= 0.6 is 74.5 Å². The molecule has 0 aliphatic heterocycles. The molecule has 0 unspecified atom stereocenters. The van der Waals surface area contributed by atoms with E-state index in [1.54, 1.807) is 0 Å². The lowest BCUT2D eigenvalue weighted by molar-refractivity contribution is 0.255. The second-order valence-electron chi connectivity index (χ2n) is 6.42. The summed E-state index contributed by atoms with van der Waals surface area (Å²) in [5, 5.41) is 9.54. The van der Waals surface area contributed by atoms with Crippen LogP contribution in [0.5, 0.6) is 0 Å². The molecule has 0 rings (SSSR count). The van der Waals surface area contributed by atoms with E-state index in [1.165, 1.54) is 32.1 Å². The summed E-state index contributed by atoms with van der Waals surface area (Å²) >= 11 is 27.7. The van der Waals surface area contributed by atoms with Crippen LogP contribution in [0.25, 0.3) is 0 Å². The fourth-order valence-corrected chi connectivity index (χ4v) is 3.19. The van der Waals surface area contributed by atoms with Crippen molar-refractivity contribution in [2.24, 2.45) is 5.41 Å². The van der Waals surface area contributed by atoms with Gasteiger partial charge < -0.3 is 16.0 Å². The van der Waals surface area contributed by atoms with Gasteiger partial charge in [0.2, 0.25) is 0 Å². The van der Waals surface area contributed by atoms with E-state index < -0.39 is 0 Å². The molecule has 0 radical (unpaired) electrons. The maximum Gasteiger partial charge on any atom is 0.130 e. The van der Waals surface area contributed by atoms with Gasteiger partial charge in [0.05, 0.1) is 0 Å². The molecule has 0 aliphatic rings. The van der Waals surface area contributed by atoms with E-state index >= 15 is 0 Å². The van der Waals surface area contributed by atoms with Crippen LogP contribution in [0.1, 0.15) is 51.4 Å². The fraction of sp³-hybridized carbons (Fsp3) is 0.706. The zero-order chi connectivity index (χ0) is 19.8. The summed E-state index contributed by atoms with van der Waals surface area (Å²) in [4.78, 5) is 0. The molecule has 9 heteroatoms. The standard InChI is InChI=1S/C17H31N3S6/c1-2-3-4-5-6-7-8-9-10-17(11-18-14(21)22,12-19-15(23)24)13-20-16(25)26/h2H,1,3-13H2,(H2,18,21,22)(H2,19,23,24)(H2,20,25,26). The summed E-state index contributed by atoms with van der Waals surface area (Å²) in [5.41, 5.74) is -0.116. The maximum atomic E-state index is 5.06. The number of thiol groups is 3. The average molecular weight is 470 g/mol. The molecule has 0 fully saturated rings. The molecule has 0 aliphatic carbocycles. The van der Waals surface area contributed by atoms with Crippen molar-refractivity contribution in [3.8, 4) is 0 Å². The van der Waals surface area contributed by atoms with Gasteiger partial charge in [-0.2, -0.15) is 0 Å². The third-order valence-electron chi connectivity index (χ3n) is 4.21. The quantitative estimate of drug-likeness (QED) is 0.0904. The van der Waals surface area contributed by atoms with Gasteiger partial charge in [0.15, 0.2) is 0 Å². The third kappa shape index (κ3) is 15.5. The van der Waals surface area contributed by atoms with E-state index in [1.807, 2.05) is 6.08 Å². The summed E-state index contributed by atoms with van der Waals surface area (Å²) in [5.74, 6) is 0. The molecular formula is C17H31N3S6. The first-order valence-electron chi connectivity index (χ1n) is 8.82. The van der Waals surface area contributed by atoms with Gasteiger partial charge in [-0.05, 0) is 19.3 Å². The molecular weight excluding hydrogens is 439 g/mol. The summed E-state index contributed by atoms with van der Waals surface area (Å²) in [6, 6.07) is 0. The minimum absolute atomic E-state index is 0.116. The zero-order valence-electron chi connectivity index (χ0n) is 15.1. The minimum atomic E-state index is -0.116. The number of nitrogens with one attached hydrogen (secondary N) is 3. The summed E-state index contributed by atoms with van der Waals surface area (Å²) in [7, 11) is 0. The molecule has 3 nitrogen and oxygen atoms in total. The number of unbranched alkanes of at least 4 members (excludes halogenated alkanes) is 6. The number of hydrogen-bond acceptors (Lipinski definition) is 3. The molecule has 0 aromatic carbocycles. The molecule has 0 heterocycles. The van der Waals surface area contributed by atoms with Crippen molar-refractivity contribution in [2.75, 3.05) is 19.6 Å². The first-order chi connectivity index (χ1) is 12.3. The highest BCUT2D eigenvalue weighted by Crippen LogP contribution is 2.25. The van der Waals surface area contributed by atoms with Gasteiger partial charge in [-0.25, -0.2) is 0 Å². The van der Waals surface area contributed by atoms with Gasteiger partial charge in [-0.1, -0.05) is 74.8 Å². The van der Waals surface area contributed by atoms with Crippen LogP contribution in [-0.2, 0) is 0 Å². The Labute approximate surface area is 191 Å². The Hall–Kier alpha value is 0.460. The monoisotopic (exact) mass is 469 g/mol. The van der Waals surface area contributed by atoms with Crippen LogP contribution < -0.4 is 16.0 Å². The highest BCUT2D eigenvalue weighted by atomic mass is 32.1. The molecule has 26 heavy (non-hydrogen) atoms. The van der Waals surface area contributed by atoms with Crippen molar-refractivity contribution in [1.29, 1.82) is 0 Å². The van der Waals surface area contributed by atoms with Crippen molar-refractivity contribution >= 4 is 87.5 Å². The number of allylic oxidation sites excluding steroid dienone is 1. The SMILES string of the molecule is C=CCCCCCCCCC(CNC(=S)S)(CNC(=S)S)CNC(=S)S. The molecule has 0 aromatic rings. The van der Waals surface area contributed by atoms with Crippen molar-refractivity contribution in [2.45, 2.75) is 51.4 Å². The molecule has 0 saturated heterocycles. The van der Waals surface area contributed by atoms with Crippen LogP contribution in [0.4, 0.5) is 0 Å². The van der Waals surface area contributed by atoms with E-state index in [9.17, 15) is 0 Å². The predicted octanol–water partition coefficient (Wildman–Crippen LogP) is 4.69. The van der Waals surface area contributed by atoms with E-state index in [0.29, 0.717) is 32.6 Å². The summed E-state index contributed by atoms with van der Waals surface area (Å²) < 4.78 is 1.45. The summed E-state index contributed by atoms with van der Waals surface area (Å²) in [6.45, 7) is 5.81. The van der Waals surface area contributed by atoms with Crippen LogP contribution in [0.2, 0.25) is 0 Å². The van der Waals surface area contributed by atoms with Crippen molar-refractivity contribution in [1.82, 2.24) is 16.0 Å². The Balaban J connectivity index is 4.62. The number of rotatable bonds is 15. The van der Waals surface area contributed by atoms with Crippen LogP contribution in [0, 0.1) is 5.41 Å². The van der Waals surface area contributed by atoms with Gasteiger partial charge in [-0.15, -0.1) is 44.5 Å². The Kier molecular flexibility index (Phi) is 16.7. The van der Waals surface area contributed by atoms with Crippen molar-refractivity contribution in [3.63, 3.8) is 0 Å². The Morgan fingerprint density at radius 1 is 0.731 bits per heavy atom. The molecule has 0 spiro atoms. The molecule has 3 N–H and O–H groups in total. The second kappa shape index (κ2) is 16.4. The van der Waals surface area contributed by atoms with Crippen LogP contribution in [0.3, 0.4) is 0 Å². The van der Waals surface area contributed by atoms with Gasteiger partial charge in [-0.3, -0.25) is 0 Å². The highest BCUT2D eigenvalue weighted by molar-refractivity contribution is 8.11. The fourth-order valence-electron chi connectivity index (χ4n) is 2.74. The smallest absolute Gasteiger partial charge is 0.130 e. The van der Waals surface area contributed by atoms with Crippen LogP contribution in [0.15, 0.2) is 12.7 Å². The average Bonchev–Trinajstić information content (AvgIpc) is 2.57. The van der Waals surface area contributed by atoms with Gasteiger partial charge in [0.1, 0.15) is 13.0 Å². The molecule has 0 aromatic heterocycles. The lowest BCUT2D eigenvalue weighted by Gasteiger charge is -2.35. The lowest BCUT2D eigenvalue weighted by Crippen LogP contribution is -2.50. The lowest BCUT2D eigenvalue weighted by atomic mass is 9.81. The molecule has 0 amide bonds. The van der Waals surface area contributed by atoms with E-state index in [0.717, 1.165) is 19.3 Å². The third-order valence-corrected chi connectivity index (χ3v) is 5.12. The maximum absolute atomic E-state index is 5.06. The second-order valence-corrected chi connectivity index (χ2v) is 9.90. The number of hydrogen-bond donors (Lipinski definition) is 6. The number of thiocarbonyl (C=S) groups is 3. The van der Waals surface area contributed by atoms with E-state index in [-0.39, 0.29) is 5.41 Å². The molecule has 0 bridgehead atoms. The first-order valence-corrected chi connectivity index (χ1v) is 11.4.